The molecule has 4 heteroatoms. The lowest BCUT2D eigenvalue weighted by Crippen LogP contribution is -2.26. The molecule has 0 unspecified atom stereocenters. The quantitative estimate of drug-likeness (QED) is 0.582. The second-order valence-electron chi connectivity index (χ2n) is 4.68. The smallest absolute Gasteiger partial charge is 0.316 e. The fourth-order valence-electron chi connectivity index (χ4n) is 1.80. The highest BCUT2D eigenvalue weighted by Crippen LogP contribution is 2.16. The van der Waals surface area contributed by atoms with E-state index in [1.54, 1.807) is 6.92 Å². The van der Waals surface area contributed by atoms with Gasteiger partial charge in [0.05, 0.1) is 6.61 Å². The summed E-state index contributed by atoms with van der Waals surface area (Å²) in [5, 5.41) is 0. The summed E-state index contributed by atoms with van der Waals surface area (Å²) in [6, 6.07) is 7.81. The average molecular weight is 263 g/mol. The SMILES string of the molecule is CCOC(=O)[C@H](Cc1ccc(N(C)C)cc1)C(C)=O. The van der Waals surface area contributed by atoms with E-state index in [1.165, 1.54) is 6.92 Å². The van der Waals surface area contributed by atoms with Crippen LogP contribution in [0.4, 0.5) is 5.69 Å². The van der Waals surface area contributed by atoms with Crippen molar-refractivity contribution < 1.29 is 14.3 Å². The largest absolute Gasteiger partial charge is 0.465 e. The fraction of sp³-hybridized carbons (Fsp3) is 0.467. The molecule has 0 radical (unpaired) electrons. The van der Waals surface area contributed by atoms with Gasteiger partial charge in [-0.05, 0) is 38.0 Å². The van der Waals surface area contributed by atoms with E-state index in [0.29, 0.717) is 13.0 Å². The van der Waals surface area contributed by atoms with Gasteiger partial charge in [-0.1, -0.05) is 12.1 Å². The minimum absolute atomic E-state index is 0.157. The van der Waals surface area contributed by atoms with E-state index in [9.17, 15) is 9.59 Å². The summed E-state index contributed by atoms with van der Waals surface area (Å²) in [5.41, 5.74) is 2.04. The van der Waals surface area contributed by atoms with Crippen molar-refractivity contribution >= 4 is 17.4 Å². The van der Waals surface area contributed by atoms with Gasteiger partial charge >= 0.3 is 5.97 Å². The van der Waals surface area contributed by atoms with Crippen molar-refractivity contribution in [2.45, 2.75) is 20.3 Å². The molecule has 1 rings (SSSR count). The van der Waals surface area contributed by atoms with Crippen molar-refractivity contribution in [3.63, 3.8) is 0 Å². The second-order valence-corrected chi connectivity index (χ2v) is 4.68. The second kappa shape index (κ2) is 6.92. The van der Waals surface area contributed by atoms with Gasteiger partial charge in [0, 0.05) is 19.8 Å². The van der Waals surface area contributed by atoms with Crippen LogP contribution < -0.4 is 4.90 Å². The standard InChI is InChI=1S/C15H21NO3/c1-5-19-15(18)14(11(2)17)10-12-6-8-13(9-7-12)16(3)4/h6-9,14H,5,10H2,1-4H3/t14-/m1/s1. The van der Waals surface area contributed by atoms with Gasteiger partial charge in [0.2, 0.25) is 0 Å². The first-order valence-electron chi connectivity index (χ1n) is 6.39. The molecule has 0 amide bonds. The third-order valence-electron chi connectivity index (χ3n) is 2.95. The molecule has 1 atom stereocenters. The van der Waals surface area contributed by atoms with Gasteiger partial charge in [-0.15, -0.1) is 0 Å². The molecular formula is C15H21NO3. The van der Waals surface area contributed by atoms with Crippen LogP contribution in [0, 0.1) is 5.92 Å². The van der Waals surface area contributed by atoms with Crippen LogP contribution in [0.5, 0.6) is 0 Å². The lowest BCUT2D eigenvalue weighted by Gasteiger charge is -2.15. The zero-order chi connectivity index (χ0) is 14.4. The molecule has 4 nitrogen and oxygen atoms in total. The molecule has 0 fully saturated rings. The van der Waals surface area contributed by atoms with Crippen LogP contribution >= 0.6 is 0 Å². The van der Waals surface area contributed by atoms with Gasteiger partial charge in [0.1, 0.15) is 11.7 Å². The van der Waals surface area contributed by atoms with Crippen molar-refractivity contribution in [2.75, 3.05) is 25.6 Å². The molecule has 0 heterocycles. The molecule has 0 aliphatic heterocycles. The molecule has 0 aromatic heterocycles. The molecule has 0 saturated heterocycles. The summed E-state index contributed by atoms with van der Waals surface area (Å²) in [5.74, 6) is -1.30. The minimum atomic E-state index is -0.704. The Labute approximate surface area is 114 Å². The molecule has 1 aromatic carbocycles. The van der Waals surface area contributed by atoms with Gasteiger partial charge in [0.25, 0.3) is 0 Å². The molecule has 0 aliphatic carbocycles. The zero-order valence-electron chi connectivity index (χ0n) is 12.0. The maximum absolute atomic E-state index is 11.7. The van der Waals surface area contributed by atoms with E-state index < -0.39 is 11.9 Å². The number of anilines is 1. The minimum Gasteiger partial charge on any atom is -0.465 e. The van der Waals surface area contributed by atoms with E-state index >= 15 is 0 Å². The van der Waals surface area contributed by atoms with Crippen LogP contribution in [-0.4, -0.2) is 32.5 Å². The van der Waals surface area contributed by atoms with Crippen molar-refractivity contribution in [3.05, 3.63) is 29.8 Å². The number of ether oxygens (including phenoxy) is 1. The molecule has 104 valence electrons. The Kier molecular flexibility index (Phi) is 5.55. The van der Waals surface area contributed by atoms with Crippen LogP contribution in [0.3, 0.4) is 0 Å². The first-order valence-corrected chi connectivity index (χ1v) is 6.39. The van der Waals surface area contributed by atoms with Crippen LogP contribution in [0.25, 0.3) is 0 Å². The average Bonchev–Trinajstić information content (AvgIpc) is 2.36. The predicted molar refractivity (Wildman–Crippen MR) is 75.3 cm³/mol. The Morgan fingerprint density at radius 1 is 1.21 bits per heavy atom. The summed E-state index contributed by atoms with van der Waals surface area (Å²) >= 11 is 0. The van der Waals surface area contributed by atoms with E-state index in [-0.39, 0.29) is 5.78 Å². The molecule has 0 N–H and O–H groups in total. The Morgan fingerprint density at radius 3 is 2.21 bits per heavy atom. The molecule has 1 aromatic rings. The van der Waals surface area contributed by atoms with Gasteiger partial charge in [-0.3, -0.25) is 9.59 Å². The van der Waals surface area contributed by atoms with Gasteiger partial charge in [-0.2, -0.15) is 0 Å². The van der Waals surface area contributed by atoms with Gasteiger partial charge in [0.15, 0.2) is 0 Å². The summed E-state index contributed by atoms with van der Waals surface area (Å²) in [4.78, 5) is 25.2. The number of rotatable bonds is 6. The number of hydrogen-bond donors (Lipinski definition) is 0. The van der Waals surface area contributed by atoms with Crippen molar-refractivity contribution in [3.8, 4) is 0 Å². The summed E-state index contributed by atoms with van der Waals surface area (Å²) in [6.45, 7) is 3.46. The van der Waals surface area contributed by atoms with Gasteiger partial charge < -0.3 is 9.64 Å². The number of carbonyl (C=O) groups excluding carboxylic acids is 2. The molecular weight excluding hydrogens is 242 g/mol. The zero-order valence-corrected chi connectivity index (χ0v) is 12.0. The summed E-state index contributed by atoms with van der Waals surface area (Å²) < 4.78 is 4.93. The number of hydrogen-bond acceptors (Lipinski definition) is 4. The highest BCUT2D eigenvalue weighted by molar-refractivity contribution is 5.98. The molecule has 0 spiro atoms. The number of nitrogens with zero attached hydrogens (tertiary/aromatic N) is 1. The lowest BCUT2D eigenvalue weighted by molar-refractivity contribution is -0.151. The van der Waals surface area contributed by atoms with Crippen molar-refractivity contribution in [2.24, 2.45) is 5.92 Å². The number of carbonyl (C=O) groups is 2. The van der Waals surface area contributed by atoms with Crippen LogP contribution in [0.2, 0.25) is 0 Å². The normalized spacial score (nSPS) is 11.8. The number of Topliss-reactive ketones (excluding diaryl/α,β-unsaturated/α-hetero) is 1. The molecule has 0 aliphatic rings. The Balaban J connectivity index is 2.79. The van der Waals surface area contributed by atoms with E-state index in [0.717, 1.165) is 11.3 Å². The fourth-order valence-corrected chi connectivity index (χ4v) is 1.80. The van der Waals surface area contributed by atoms with E-state index in [2.05, 4.69) is 0 Å². The Morgan fingerprint density at radius 2 is 1.79 bits per heavy atom. The predicted octanol–water partition coefficient (Wildman–Crippen LogP) is 2.06. The summed E-state index contributed by atoms with van der Waals surface area (Å²) in [6.07, 6.45) is 0.391. The lowest BCUT2D eigenvalue weighted by atomic mass is 9.96. The number of benzene rings is 1. The third-order valence-corrected chi connectivity index (χ3v) is 2.95. The van der Waals surface area contributed by atoms with Crippen LogP contribution in [0.15, 0.2) is 24.3 Å². The summed E-state index contributed by atoms with van der Waals surface area (Å²) in [7, 11) is 3.93. The Hall–Kier alpha value is -1.84. The van der Waals surface area contributed by atoms with E-state index in [4.69, 9.17) is 4.74 Å². The number of esters is 1. The highest BCUT2D eigenvalue weighted by atomic mass is 16.5. The number of ketones is 1. The molecule has 0 saturated carbocycles. The Bertz CT molecular complexity index is 437. The monoisotopic (exact) mass is 263 g/mol. The topological polar surface area (TPSA) is 46.6 Å². The van der Waals surface area contributed by atoms with Crippen molar-refractivity contribution in [1.82, 2.24) is 0 Å². The maximum Gasteiger partial charge on any atom is 0.316 e. The van der Waals surface area contributed by atoms with Crippen LogP contribution in [0.1, 0.15) is 19.4 Å². The van der Waals surface area contributed by atoms with Gasteiger partial charge in [-0.25, -0.2) is 0 Å². The first kappa shape index (κ1) is 15.2. The molecule has 0 bridgehead atoms. The maximum atomic E-state index is 11.7. The van der Waals surface area contributed by atoms with Crippen LogP contribution in [-0.2, 0) is 20.7 Å². The highest BCUT2D eigenvalue weighted by Gasteiger charge is 2.24. The molecule has 19 heavy (non-hydrogen) atoms. The first-order chi connectivity index (χ1) is 8.95. The van der Waals surface area contributed by atoms with Crippen molar-refractivity contribution in [1.29, 1.82) is 0 Å². The van der Waals surface area contributed by atoms with E-state index in [1.807, 2.05) is 43.3 Å². The third kappa shape index (κ3) is 4.39.